The summed E-state index contributed by atoms with van der Waals surface area (Å²) in [5.41, 5.74) is 11.2. The van der Waals surface area contributed by atoms with Gasteiger partial charge in [-0.1, -0.05) is 109 Å². The molecule has 0 aliphatic carbocycles. The van der Waals surface area contributed by atoms with Gasteiger partial charge in [-0.2, -0.15) is 0 Å². The molecule has 0 radical (unpaired) electrons. The van der Waals surface area contributed by atoms with E-state index in [4.69, 9.17) is 9.97 Å². The lowest BCUT2D eigenvalue weighted by atomic mass is 9.93. The van der Waals surface area contributed by atoms with E-state index in [0.717, 1.165) is 51.6 Å². The van der Waals surface area contributed by atoms with E-state index in [1.807, 2.05) is 18.2 Å². The van der Waals surface area contributed by atoms with Gasteiger partial charge in [0.1, 0.15) is 0 Å². The minimum absolute atomic E-state index is 0.742. The van der Waals surface area contributed by atoms with Crippen molar-refractivity contribution in [3.8, 4) is 39.6 Å². The Morgan fingerprint density at radius 3 is 2.03 bits per heavy atom. The molecule has 0 unspecified atom stereocenters. The zero-order chi connectivity index (χ0) is 25.1. The highest BCUT2D eigenvalue weighted by molar-refractivity contribution is 6.10. The molecule has 3 heterocycles. The fourth-order valence-electron chi connectivity index (χ4n) is 5.88. The third-order valence-electron chi connectivity index (χ3n) is 7.61. The Kier molecular flexibility index (Phi) is 4.58. The van der Waals surface area contributed by atoms with E-state index in [1.54, 1.807) is 0 Å². The third-order valence-corrected chi connectivity index (χ3v) is 7.61. The molecule has 3 heteroatoms. The van der Waals surface area contributed by atoms with Crippen molar-refractivity contribution in [1.82, 2.24) is 14.5 Å². The zero-order valence-corrected chi connectivity index (χ0v) is 20.7. The fraction of sp³-hybridized carbons (Fsp3) is 0.0286. The van der Waals surface area contributed by atoms with Crippen LogP contribution in [0.3, 0.4) is 0 Å². The number of aromatic nitrogens is 3. The summed E-state index contributed by atoms with van der Waals surface area (Å²) in [5.74, 6) is 0.742. The molecule has 0 saturated carbocycles. The van der Waals surface area contributed by atoms with Crippen LogP contribution in [0.15, 0.2) is 127 Å². The van der Waals surface area contributed by atoms with Gasteiger partial charge in [0.2, 0.25) is 0 Å². The van der Waals surface area contributed by atoms with Gasteiger partial charge in [0.25, 0.3) is 0 Å². The summed E-state index contributed by atoms with van der Waals surface area (Å²) in [6, 6.07) is 45.1. The van der Waals surface area contributed by atoms with E-state index >= 15 is 0 Å². The highest BCUT2D eigenvalue weighted by Crippen LogP contribution is 2.41. The Labute approximate surface area is 220 Å². The molecule has 8 rings (SSSR count). The summed E-state index contributed by atoms with van der Waals surface area (Å²) >= 11 is 0. The quantitative estimate of drug-likeness (QED) is 0.246. The zero-order valence-electron chi connectivity index (χ0n) is 20.7. The molecule has 38 heavy (non-hydrogen) atoms. The molecule has 0 spiro atoms. The Morgan fingerprint density at radius 2 is 1.18 bits per heavy atom. The van der Waals surface area contributed by atoms with Crippen LogP contribution >= 0.6 is 0 Å². The van der Waals surface area contributed by atoms with Gasteiger partial charge >= 0.3 is 0 Å². The van der Waals surface area contributed by atoms with Crippen molar-refractivity contribution in [3.63, 3.8) is 0 Å². The van der Waals surface area contributed by atoms with Gasteiger partial charge in [0, 0.05) is 39.4 Å². The van der Waals surface area contributed by atoms with Crippen LogP contribution < -0.4 is 0 Å². The summed E-state index contributed by atoms with van der Waals surface area (Å²) in [5, 5.41) is 2.53. The second-order valence-electron chi connectivity index (χ2n) is 9.85. The molecule has 2 aromatic heterocycles. The van der Waals surface area contributed by atoms with Crippen molar-refractivity contribution in [3.05, 3.63) is 139 Å². The largest absolute Gasteiger partial charge is 0.309 e. The van der Waals surface area contributed by atoms with Crippen LogP contribution in [0.1, 0.15) is 11.1 Å². The van der Waals surface area contributed by atoms with Gasteiger partial charge in [-0.05, 0) is 23.8 Å². The Hall–Kier alpha value is -5.02. The molecule has 7 aromatic rings. The number of para-hydroxylation sites is 2. The topological polar surface area (TPSA) is 30.7 Å². The molecule has 0 saturated heterocycles. The predicted molar refractivity (Wildman–Crippen MR) is 155 cm³/mol. The lowest BCUT2D eigenvalue weighted by molar-refractivity contribution is 1.09. The van der Waals surface area contributed by atoms with E-state index < -0.39 is 0 Å². The molecule has 1 aliphatic rings. The highest BCUT2D eigenvalue weighted by atomic mass is 15.0. The second-order valence-corrected chi connectivity index (χ2v) is 9.85. The fourth-order valence-corrected chi connectivity index (χ4v) is 5.88. The molecule has 0 atom stereocenters. The van der Waals surface area contributed by atoms with Gasteiger partial charge in [0.15, 0.2) is 5.82 Å². The van der Waals surface area contributed by atoms with Crippen molar-refractivity contribution in [1.29, 1.82) is 0 Å². The first-order valence-electron chi connectivity index (χ1n) is 13.0. The highest BCUT2D eigenvalue weighted by Gasteiger charge is 2.24. The van der Waals surface area contributed by atoms with Gasteiger partial charge in [-0.15, -0.1) is 0 Å². The van der Waals surface area contributed by atoms with Crippen molar-refractivity contribution in [2.24, 2.45) is 0 Å². The summed E-state index contributed by atoms with van der Waals surface area (Å²) < 4.78 is 2.41. The van der Waals surface area contributed by atoms with Crippen molar-refractivity contribution < 1.29 is 0 Å². The summed E-state index contributed by atoms with van der Waals surface area (Å²) in [4.78, 5) is 10.5. The van der Waals surface area contributed by atoms with E-state index in [9.17, 15) is 0 Å². The number of rotatable bonds is 2. The van der Waals surface area contributed by atoms with Crippen LogP contribution in [-0.2, 0) is 6.42 Å². The van der Waals surface area contributed by atoms with E-state index in [2.05, 4.69) is 114 Å². The predicted octanol–water partition coefficient (Wildman–Crippen LogP) is 8.48. The van der Waals surface area contributed by atoms with Crippen molar-refractivity contribution in [2.45, 2.75) is 6.42 Å². The maximum Gasteiger partial charge on any atom is 0.160 e. The number of nitrogens with zero attached hydrogens (tertiary/aromatic N) is 3. The second kappa shape index (κ2) is 8.25. The molecule has 0 N–H and O–H groups in total. The molecular weight excluding hydrogens is 462 g/mol. The van der Waals surface area contributed by atoms with E-state index in [-0.39, 0.29) is 0 Å². The summed E-state index contributed by atoms with van der Waals surface area (Å²) in [6.07, 6.45) is 0.750. The summed E-state index contributed by atoms with van der Waals surface area (Å²) in [7, 11) is 0. The standard InChI is InChI=1S/C35H23N3/c1-3-11-24(12-4-1)33-29-21-23-19-20-27-26-15-7-9-17-30(26)38(32(27)22-23)31-18-10-8-16-28(31)34(29)37-35(36-33)25-13-5-2-6-14-25/h1-20,22H,21H2. The maximum atomic E-state index is 5.30. The molecule has 1 aliphatic heterocycles. The molecular formula is C35H23N3. The van der Waals surface area contributed by atoms with Crippen molar-refractivity contribution in [2.75, 3.05) is 0 Å². The van der Waals surface area contributed by atoms with Crippen LogP contribution in [0.2, 0.25) is 0 Å². The maximum absolute atomic E-state index is 5.30. The third kappa shape index (κ3) is 3.15. The van der Waals surface area contributed by atoms with Crippen LogP contribution in [-0.4, -0.2) is 14.5 Å². The average Bonchev–Trinajstić information content (AvgIpc) is 3.32. The summed E-state index contributed by atoms with van der Waals surface area (Å²) in [6.45, 7) is 0. The van der Waals surface area contributed by atoms with Gasteiger partial charge in [-0.25, -0.2) is 9.97 Å². The van der Waals surface area contributed by atoms with E-state index in [1.165, 1.54) is 27.4 Å². The smallest absolute Gasteiger partial charge is 0.160 e. The van der Waals surface area contributed by atoms with E-state index in [0.29, 0.717) is 0 Å². The lowest BCUT2D eigenvalue weighted by Crippen LogP contribution is -2.05. The van der Waals surface area contributed by atoms with Gasteiger partial charge < -0.3 is 4.57 Å². The van der Waals surface area contributed by atoms with Crippen LogP contribution in [0.5, 0.6) is 0 Å². The average molecular weight is 486 g/mol. The number of benzene rings is 5. The normalized spacial score (nSPS) is 12.1. The lowest BCUT2D eigenvalue weighted by Gasteiger charge is -2.18. The molecule has 3 nitrogen and oxygen atoms in total. The molecule has 0 amide bonds. The molecule has 0 fully saturated rings. The molecule has 2 bridgehead atoms. The Bertz CT molecular complexity index is 1990. The molecule has 5 aromatic carbocycles. The first-order valence-corrected chi connectivity index (χ1v) is 13.0. The number of fused-ring (bicyclic) bond motifs is 8. The Morgan fingerprint density at radius 1 is 0.526 bits per heavy atom. The van der Waals surface area contributed by atoms with Crippen LogP contribution in [0, 0.1) is 0 Å². The van der Waals surface area contributed by atoms with Gasteiger partial charge in [0.05, 0.1) is 28.1 Å². The van der Waals surface area contributed by atoms with Crippen LogP contribution in [0.25, 0.3) is 61.4 Å². The first-order chi connectivity index (χ1) is 18.8. The SMILES string of the molecule is c1ccc(-c2nc(-c3ccccc3)c3c(n2)-c2ccccc2-n2c4ccccc4c4ccc(cc42)C3)cc1. The number of hydrogen-bond acceptors (Lipinski definition) is 2. The molecule has 178 valence electrons. The number of hydrogen-bond donors (Lipinski definition) is 0. The minimum atomic E-state index is 0.742. The van der Waals surface area contributed by atoms with Crippen molar-refractivity contribution >= 4 is 21.8 Å². The Balaban J connectivity index is 1.53. The minimum Gasteiger partial charge on any atom is -0.309 e. The van der Waals surface area contributed by atoms with Crippen LogP contribution in [0.4, 0.5) is 0 Å². The monoisotopic (exact) mass is 485 g/mol. The first kappa shape index (κ1) is 21.1. The van der Waals surface area contributed by atoms with Gasteiger partial charge in [-0.3, -0.25) is 0 Å².